The van der Waals surface area contributed by atoms with E-state index in [1.165, 1.54) is 0 Å². The SMILES string of the molecule is CCC(C)(C)CC(C)C(C(=O)O)C(O)(C(=O)O)C(C(=O)O)(C(C)CC(C)(C)CC)C(C)CC(C)(C)CC. The lowest BCUT2D eigenvalue weighted by atomic mass is 9.49. The van der Waals surface area contributed by atoms with Crippen LogP contribution >= 0.6 is 0 Å². The van der Waals surface area contributed by atoms with Gasteiger partial charge in [0.2, 0.25) is 0 Å². The highest BCUT2D eigenvalue weighted by Gasteiger charge is 2.71. The molecule has 0 fully saturated rings. The van der Waals surface area contributed by atoms with Crippen LogP contribution in [-0.2, 0) is 14.4 Å². The van der Waals surface area contributed by atoms with Crippen LogP contribution in [0.3, 0.4) is 0 Å². The van der Waals surface area contributed by atoms with Crippen molar-refractivity contribution >= 4 is 17.9 Å². The van der Waals surface area contributed by atoms with Crippen LogP contribution in [0, 0.1) is 45.3 Å². The van der Waals surface area contributed by atoms with E-state index in [1.54, 1.807) is 20.8 Å². The Hall–Kier alpha value is -1.63. The number of aliphatic hydroxyl groups is 1. The van der Waals surface area contributed by atoms with Crippen LogP contribution in [0.25, 0.3) is 0 Å². The zero-order chi connectivity index (χ0) is 29.8. The molecule has 37 heavy (non-hydrogen) atoms. The van der Waals surface area contributed by atoms with Crippen molar-refractivity contribution in [3.8, 4) is 0 Å². The molecule has 0 amide bonds. The fourth-order valence-corrected chi connectivity index (χ4v) is 6.62. The van der Waals surface area contributed by atoms with Crippen molar-refractivity contribution in [2.75, 3.05) is 0 Å². The largest absolute Gasteiger partial charge is 0.481 e. The van der Waals surface area contributed by atoms with E-state index >= 15 is 0 Å². The van der Waals surface area contributed by atoms with Crippen LogP contribution in [0.5, 0.6) is 0 Å². The molecule has 0 heterocycles. The van der Waals surface area contributed by atoms with E-state index < -0.39 is 52.6 Å². The summed E-state index contributed by atoms with van der Waals surface area (Å²) in [6, 6.07) is 0. The quantitative estimate of drug-likeness (QED) is 0.160. The number of hydrogen-bond donors (Lipinski definition) is 4. The molecule has 0 saturated heterocycles. The average Bonchev–Trinajstić information content (AvgIpc) is 2.72. The van der Waals surface area contributed by atoms with Crippen LogP contribution in [0.4, 0.5) is 0 Å². The third-order valence-corrected chi connectivity index (χ3v) is 9.61. The lowest BCUT2D eigenvalue weighted by molar-refractivity contribution is -0.228. The lowest BCUT2D eigenvalue weighted by Gasteiger charge is -2.54. The number of hydrogen-bond acceptors (Lipinski definition) is 4. The van der Waals surface area contributed by atoms with Gasteiger partial charge in [0.05, 0.1) is 5.92 Å². The van der Waals surface area contributed by atoms with Gasteiger partial charge in [-0.15, -0.1) is 0 Å². The normalized spacial score (nSPS) is 19.7. The fourth-order valence-electron chi connectivity index (χ4n) is 6.62. The van der Waals surface area contributed by atoms with Crippen molar-refractivity contribution < 1.29 is 34.8 Å². The maximum absolute atomic E-state index is 13.5. The van der Waals surface area contributed by atoms with E-state index in [1.807, 2.05) is 62.3 Å². The Morgan fingerprint density at radius 3 is 1.19 bits per heavy atom. The Kier molecular flexibility index (Phi) is 11.9. The number of carbonyl (C=O) groups is 3. The van der Waals surface area contributed by atoms with E-state index in [0.29, 0.717) is 19.3 Å². The van der Waals surface area contributed by atoms with Crippen molar-refractivity contribution in [3.63, 3.8) is 0 Å². The Bertz CT molecular complexity index is 774. The monoisotopic (exact) mass is 528 g/mol. The molecule has 7 heteroatoms. The van der Waals surface area contributed by atoms with Crippen molar-refractivity contribution in [1.82, 2.24) is 0 Å². The topological polar surface area (TPSA) is 132 Å². The maximum atomic E-state index is 13.5. The lowest BCUT2D eigenvalue weighted by Crippen LogP contribution is -2.70. The summed E-state index contributed by atoms with van der Waals surface area (Å²) >= 11 is 0. The minimum atomic E-state index is -3.04. The summed E-state index contributed by atoms with van der Waals surface area (Å²) in [6.45, 7) is 22.8. The predicted molar refractivity (Wildman–Crippen MR) is 147 cm³/mol. The van der Waals surface area contributed by atoms with Gasteiger partial charge in [-0.05, 0) is 53.3 Å². The second-order valence-electron chi connectivity index (χ2n) is 14.0. The highest BCUT2D eigenvalue weighted by Crippen LogP contribution is 2.57. The molecule has 4 N–H and O–H groups in total. The molecular formula is C30H56O7. The molecule has 0 aliphatic carbocycles. The first-order chi connectivity index (χ1) is 16.5. The van der Waals surface area contributed by atoms with E-state index in [-0.39, 0.29) is 16.2 Å². The van der Waals surface area contributed by atoms with Gasteiger partial charge in [0.25, 0.3) is 0 Å². The highest BCUT2D eigenvalue weighted by molar-refractivity contribution is 5.94. The van der Waals surface area contributed by atoms with Gasteiger partial charge < -0.3 is 20.4 Å². The van der Waals surface area contributed by atoms with E-state index in [2.05, 4.69) is 0 Å². The van der Waals surface area contributed by atoms with Crippen molar-refractivity contribution in [2.45, 2.75) is 127 Å². The zero-order valence-electron chi connectivity index (χ0n) is 25.6. The van der Waals surface area contributed by atoms with Gasteiger partial charge in [-0.1, -0.05) is 102 Å². The summed E-state index contributed by atoms with van der Waals surface area (Å²) in [5.41, 5.74) is -6.28. The second-order valence-corrected chi connectivity index (χ2v) is 14.0. The standard InChI is InChI=1S/C30H56O7/c1-13-26(7,8)16-19(4)22(23(31)32)30(37,25(35)36)29(24(33)34,20(5)17-27(9,10)14-2)21(6)18-28(11,12)15-3/h19-22,37H,13-18H2,1-12H3,(H,31,32)(H,33,34)(H,35,36). The minimum Gasteiger partial charge on any atom is -0.481 e. The molecule has 0 saturated carbocycles. The van der Waals surface area contributed by atoms with Gasteiger partial charge in [0.1, 0.15) is 5.41 Å². The molecule has 218 valence electrons. The summed E-state index contributed by atoms with van der Waals surface area (Å²) in [4.78, 5) is 39.5. The molecule has 0 bridgehead atoms. The molecule has 0 rings (SSSR count). The summed E-state index contributed by atoms with van der Waals surface area (Å²) in [7, 11) is 0. The minimum absolute atomic E-state index is 0.315. The third kappa shape index (κ3) is 7.48. The van der Waals surface area contributed by atoms with E-state index in [9.17, 15) is 34.8 Å². The van der Waals surface area contributed by atoms with Crippen LogP contribution in [0.15, 0.2) is 0 Å². The van der Waals surface area contributed by atoms with Crippen molar-refractivity contribution in [1.29, 1.82) is 0 Å². The van der Waals surface area contributed by atoms with Gasteiger partial charge >= 0.3 is 17.9 Å². The highest BCUT2D eigenvalue weighted by atomic mass is 16.4. The van der Waals surface area contributed by atoms with Crippen LogP contribution in [0.2, 0.25) is 0 Å². The maximum Gasteiger partial charge on any atom is 0.337 e. The summed E-state index contributed by atoms with van der Waals surface area (Å²) < 4.78 is 0. The second kappa shape index (κ2) is 12.5. The summed E-state index contributed by atoms with van der Waals surface area (Å²) in [5, 5.41) is 44.4. The van der Waals surface area contributed by atoms with Crippen LogP contribution < -0.4 is 0 Å². The number of aliphatic carboxylic acids is 3. The number of rotatable bonds is 17. The molecule has 0 aliphatic rings. The molecular weight excluding hydrogens is 472 g/mol. The molecule has 0 aliphatic heterocycles. The molecule has 5 unspecified atom stereocenters. The van der Waals surface area contributed by atoms with E-state index in [4.69, 9.17) is 0 Å². The number of carboxylic acids is 3. The molecule has 0 aromatic rings. The average molecular weight is 529 g/mol. The number of carboxylic acid groups (broad SMARTS) is 3. The van der Waals surface area contributed by atoms with Gasteiger partial charge in [0, 0.05) is 0 Å². The Morgan fingerprint density at radius 2 is 0.946 bits per heavy atom. The molecule has 0 aromatic carbocycles. The molecule has 0 aromatic heterocycles. The molecule has 0 radical (unpaired) electrons. The Labute approximate surface area is 225 Å². The Balaban J connectivity index is 7.62. The third-order valence-electron chi connectivity index (χ3n) is 9.61. The first kappa shape index (κ1) is 35.4. The van der Waals surface area contributed by atoms with E-state index in [0.717, 1.165) is 19.3 Å². The van der Waals surface area contributed by atoms with Crippen molar-refractivity contribution in [2.24, 2.45) is 45.3 Å². The summed E-state index contributed by atoms with van der Waals surface area (Å²) in [6.07, 6.45) is 3.14. The van der Waals surface area contributed by atoms with Gasteiger partial charge in [-0.25, -0.2) is 4.79 Å². The molecule has 7 nitrogen and oxygen atoms in total. The van der Waals surface area contributed by atoms with Gasteiger partial charge in [0.15, 0.2) is 5.60 Å². The first-order valence-corrected chi connectivity index (χ1v) is 13.9. The fraction of sp³-hybridized carbons (Fsp3) is 0.900. The van der Waals surface area contributed by atoms with Gasteiger partial charge in [-0.2, -0.15) is 0 Å². The smallest absolute Gasteiger partial charge is 0.337 e. The predicted octanol–water partition coefficient (Wildman–Crippen LogP) is 6.96. The zero-order valence-corrected chi connectivity index (χ0v) is 25.6. The first-order valence-electron chi connectivity index (χ1n) is 13.9. The van der Waals surface area contributed by atoms with Crippen LogP contribution in [0.1, 0.15) is 122 Å². The Morgan fingerprint density at radius 1 is 0.622 bits per heavy atom. The molecule has 5 atom stereocenters. The molecule has 0 spiro atoms. The van der Waals surface area contributed by atoms with Gasteiger partial charge in [-0.3, -0.25) is 9.59 Å². The van der Waals surface area contributed by atoms with Crippen molar-refractivity contribution in [3.05, 3.63) is 0 Å². The van der Waals surface area contributed by atoms with Crippen LogP contribution in [-0.4, -0.2) is 43.9 Å². The summed E-state index contributed by atoms with van der Waals surface area (Å²) in [5.74, 6) is -8.97.